The van der Waals surface area contributed by atoms with E-state index in [0.29, 0.717) is 12.6 Å². The molecule has 5 nitrogen and oxygen atoms in total. The van der Waals surface area contributed by atoms with Gasteiger partial charge in [0.1, 0.15) is 0 Å². The van der Waals surface area contributed by atoms with Crippen LogP contribution in [-0.4, -0.2) is 41.9 Å². The quantitative estimate of drug-likeness (QED) is 0.818. The van der Waals surface area contributed by atoms with Crippen LogP contribution in [0.5, 0.6) is 0 Å². The summed E-state index contributed by atoms with van der Waals surface area (Å²) in [4.78, 5) is 6.67. The van der Waals surface area contributed by atoms with Gasteiger partial charge in [0, 0.05) is 38.1 Å². The third-order valence-electron chi connectivity index (χ3n) is 2.89. The number of hydrogen-bond acceptors (Lipinski definition) is 4. The maximum absolute atomic E-state index is 5.64. The summed E-state index contributed by atoms with van der Waals surface area (Å²) in [6.07, 6.45) is 4.00. The largest absolute Gasteiger partial charge is 0.373 e. The Balaban J connectivity index is 2.13. The molecule has 0 aromatic carbocycles. The zero-order chi connectivity index (χ0) is 11.5. The molecule has 5 heteroatoms. The third-order valence-corrected chi connectivity index (χ3v) is 2.89. The highest BCUT2D eigenvalue weighted by atomic mass is 16.5. The van der Waals surface area contributed by atoms with Crippen LogP contribution in [0.15, 0.2) is 12.4 Å². The second-order valence-corrected chi connectivity index (χ2v) is 4.40. The summed E-state index contributed by atoms with van der Waals surface area (Å²) in [6, 6.07) is 0.427. The Labute approximate surface area is 96.2 Å². The van der Waals surface area contributed by atoms with Crippen molar-refractivity contribution in [2.75, 3.05) is 31.1 Å². The van der Waals surface area contributed by atoms with Crippen molar-refractivity contribution in [3.63, 3.8) is 0 Å². The molecule has 0 saturated carbocycles. The fourth-order valence-electron chi connectivity index (χ4n) is 2.00. The van der Waals surface area contributed by atoms with Crippen LogP contribution in [0.1, 0.15) is 19.9 Å². The van der Waals surface area contributed by atoms with Gasteiger partial charge in [0.25, 0.3) is 0 Å². The smallest absolute Gasteiger partial charge is 0.205 e. The van der Waals surface area contributed by atoms with Gasteiger partial charge in [0.05, 0.1) is 12.7 Å². The maximum atomic E-state index is 5.64. The van der Waals surface area contributed by atoms with Gasteiger partial charge >= 0.3 is 0 Å². The number of anilines is 1. The summed E-state index contributed by atoms with van der Waals surface area (Å²) in [5.74, 6) is 1.02. The molecule has 1 aliphatic rings. The van der Waals surface area contributed by atoms with E-state index in [2.05, 4.69) is 28.3 Å². The molecule has 0 bridgehead atoms. The second kappa shape index (κ2) is 4.84. The van der Waals surface area contributed by atoms with Crippen LogP contribution >= 0.6 is 0 Å². The van der Waals surface area contributed by atoms with E-state index in [1.165, 1.54) is 0 Å². The van der Waals surface area contributed by atoms with Crippen LogP contribution in [0.3, 0.4) is 0 Å². The first kappa shape index (κ1) is 11.4. The SMILES string of the molecule is CC(C)n1ccnc1N1CCOC(CN)C1. The molecule has 0 aliphatic carbocycles. The van der Waals surface area contributed by atoms with Gasteiger partial charge < -0.3 is 19.9 Å². The molecular formula is C11H20N4O. The van der Waals surface area contributed by atoms with Crippen molar-refractivity contribution < 1.29 is 4.74 Å². The van der Waals surface area contributed by atoms with Crippen molar-refractivity contribution in [3.8, 4) is 0 Å². The van der Waals surface area contributed by atoms with Gasteiger partial charge in [-0.05, 0) is 13.8 Å². The Morgan fingerprint density at radius 1 is 1.62 bits per heavy atom. The highest BCUT2D eigenvalue weighted by molar-refractivity contribution is 5.32. The number of hydrogen-bond donors (Lipinski definition) is 1. The number of rotatable bonds is 3. The second-order valence-electron chi connectivity index (χ2n) is 4.40. The predicted molar refractivity (Wildman–Crippen MR) is 63.6 cm³/mol. The highest BCUT2D eigenvalue weighted by Crippen LogP contribution is 2.19. The maximum Gasteiger partial charge on any atom is 0.205 e. The van der Waals surface area contributed by atoms with Gasteiger partial charge in [0.2, 0.25) is 5.95 Å². The summed E-state index contributed by atoms with van der Waals surface area (Å²) in [7, 11) is 0. The van der Waals surface area contributed by atoms with E-state index in [9.17, 15) is 0 Å². The summed E-state index contributed by atoms with van der Waals surface area (Å²) in [6.45, 7) is 7.34. The lowest BCUT2D eigenvalue weighted by Gasteiger charge is -2.33. The van der Waals surface area contributed by atoms with Crippen LogP contribution in [0.25, 0.3) is 0 Å². The Hall–Kier alpha value is -1.07. The van der Waals surface area contributed by atoms with E-state index in [1.54, 1.807) is 0 Å². The first-order valence-electron chi connectivity index (χ1n) is 5.82. The van der Waals surface area contributed by atoms with Crippen molar-refractivity contribution in [1.29, 1.82) is 0 Å². The molecular weight excluding hydrogens is 204 g/mol. The van der Waals surface area contributed by atoms with Crippen LogP contribution in [-0.2, 0) is 4.74 Å². The van der Waals surface area contributed by atoms with E-state index < -0.39 is 0 Å². The summed E-state index contributed by atoms with van der Waals surface area (Å²) >= 11 is 0. The molecule has 1 aromatic heterocycles. The number of ether oxygens (including phenoxy) is 1. The number of nitrogens with zero attached hydrogens (tertiary/aromatic N) is 3. The number of imidazole rings is 1. The molecule has 1 aliphatic heterocycles. The molecule has 16 heavy (non-hydrogen) atoms. The molecule has 1 saturated heterocycles. The lowest BCUT2D eigenvalue weighted by atomic mass is 10.3. The number of nitrogens with two attached hydrogens (primary N) is 1. The minimum Gasteiger partial charge on any atom is -0.373 e. The predicted octanol–water partition coefficient (Wildman–Crippen LogP) is 0.628. The van der Waals surface area contributed by atoms with E-state index in [-0.39, 0.29) is 6.10 Å². The molecule has 2 rings (SSSR count). The molecule has 1 aromatic rings. The van der Waals surface area contributed by atoms with E-state index in [0.717, 1.165) is 25.6 Å². The number of aromatic nitrogens is 2. The standard InChI is InChI=1S/C11H20N4O/c1-9(2)15-4-3-13-11(15)14-5-6-16-10(7-12)8-14/h3-4,9-10H,5-8,12H2,1-2H3. The van der Waals surface area contributed by atoms with Crippen molar-refractivity contribution >= 4 is 5.95 Å². The summed E-state index contributed by atoms with van der Waals surface area (Å²) in [5, 5.41) is 0. The zero-order valence-corrected chi connectivity index (χ0v) is 9.97. The zero-order valence-electron chi connectivity index (χ0n) is 9.97. The first-order valence-corrected chi connectivity index (χ1v) is 5.82. The lowest BCUT2D eigenvalue weighted by Crippen LogP contribution is -2.46. The third kappa shape index (κ3) is 2.20. The minimum atomic E-state index is 0.131. The van der Waals surface area contributed by atoms with Crippen molar-refractivity contribution in [3.05, 3.63) is 12.4 Å². The van der Waals surface area contributed by atoms with Crippen LogP contribution < -0.4 is 10.6 Å². The molecule has 90 valence electrons. The topological polar surface area (TPSA) is 56.3 Å². The molecule has 1 unspecified atom stereocenters. The van der Waals surface area contributed by atoms with Gasteiger partial charge in [-0.1, -0.05) is 0 Å². The minimum absolute atomic E-state index is 0.131. The summed E-state index contributed by atoms with van der Waals surface area (Å²) < 4.78 is 7.73. The van der Waals surface area contributed by atoms with Crippen molar-refractivity contribution in [2.24, 2.45) is 5.73 Å². The van der Waals surface area contributed by atoms with Crippen molar-refractivity contribution in [2.45, 2.75) is 26.0 Å². The molecule has 0 amide bonds. The van der Waals surface area contributed by atoms with Crippen LogP contribution in [0, 0.1) is 0 Å². The molecule has 1 atom stereocenters. The van der Waals surface area contributed by atoms with Gasteiger partial charge in [-0.25, -0.2) is 4.98 Å². The average Bonchev–Trinajstić information content (AvgIpc) is 2.78. The number of morpholine rings is 1. The van der Waals surface area contributed by atoms with Gasteiger partial charge in [-0.3, -0.25) is 0 Å². The van der Waals surface area contributed by atoms with E-state index in [1.807, 2.05) is 12.4 Å². The van der Waals surface area contributed by atoms with Gasteiger partial charge in [-0.15, -0.1) is 0 Å². The Morgan fingerprint density at radius 2 is 2.44 bits per heavy atom. The molecule has 0 radical (unpaired) electrons. The normalized spacial score (nSPS) is 21.8. The Kier molecular flexibility index (Phi) is 3.46. The van der Waals surface area contributed by atoms with E-state index in [4.69, 9.17) is 10.5 Å². The lowest BCUT2D eigenvalue weighted by molar-refractivity contribution is 0.0457. The van der Waals surface area contributed by atoms with E-state index >= 15 is 0 Å². The van der Waals surface area contributed by atoms with Gasteiger partial charge in [-0.2, -0.15) is 0 Å². The fourth-order valence-corrected chi connectivity index (χ4v) is 2.00. The van der Waals surface area contributed by atoms with Gasteiger partial charge in [0.15, 0.2) is 0 Å². The highest BCUT2D eigenvalue weighted by Gasteiger charge is 2.22. The Bertz CT molecular complexity index is 336. The molecule has 2 N–H and O–H groups in total. The molecule has 2 heterocycles. The first-order chi connectivity index (χ1) is 7.72. The Morgan fingerprint density at radius 3 is 3.12 bits per heavy atom. The average molecular weight is 224 g/mol. The van der Waals surface area contributed by atoms with Crippen LogP contribution in [0.2, 0.25) is 0 Å². The van der Waals surface area contributed by atoms with Crippen LogP contribution in [0.4, 0.5) is 5.95 Å². The molecule has 0 spiro atoms. The van der Waals surface area contributed by atoms with Crippen molar-refractivity contribution in [1.82, 2.24) is 9.55 Å². The molecule has 1 fully saturated rings. The summed E-state index contributed by atoms with van der Waals surface area (Å²) in [5.41, 5.74) is 5.64. The monoisotopic (exact) mass is 224 g/mol. The fraction of sp³-hybridized carbons (Fsp3) is 0.727.